The standard InChI is InChI=1S/C9H14N2O/c12-7-9(3-4-9)11-6-8-2-1-5-10-8/h1-2,5,10-12H,3-4,6-7H2. The summed E-state index contributed by atoms with van der Waals surface area (Å²) in [5, 5.41) is 12.4. The zero-order chi connectivity index (χ0) is 8.44. The lowest BCUT2D eigenvalue weighted by Gasteiger charge is -2.12. The Hall–Kier alpha value is -0.800. The Balaban J connectivity index is 1.83. The fourth-order valence-corrected chi connectivity index (χ4v) is 1.30. The minimum absolute atomic E-state index is 0.0467. The van der Waals surface area contributed by atoms with Crippen molar-refractivity contribution in [3.05, 3.63) is 24.0 Å². The lowest BCUT2D eigenvalue weighted by atomic mass is 10.3. The third-order valence-electron chi connectivity index (χ3n) is 2.47. The topological polar surface area (TPSA) is 48.0 Å². The molecule has 66 valence electrons. The number of aliphatic hydroxyl groups excluding tert-OH is 1. The van der Waals surface area contributed by atoms with Gasteiger partial charge in [0, 0.05) is 24.0 Å². The lowest BCUT2D eigenvalue weighted by Crippen LogP contribution is -2.34. The maximum Gasteiger partial charge on any atom is 0.0613 e. The van der Waals surface area contributed by atoms with Crippen molar-refractivity contribution in [2.75, 3.05) is 6.61 Å². The summed E-state index contributed by atoms with van der Waals surface area (Å²) < 4.78 is 0. The smallest absolute Gasteiger partial charge is 0.0613 e. The lowest BCUT2D eigenvalue weighted by molar-refractivity contribution is 0.229. The van der Waals surface area contributed by atoms with E-state index in [0.29, 0.717) is 0 Å². The Kier molecular flexibility index (Phi) is 1.90. The van der Waals surface area contributed by atoms with Gasteiger partial charge in [-0.3, -0.25) is 0 Å². The van der Waals surface area contributed by atoms with E-state index in [0.717, 1.165) is 19.4 Å². The van der Waals surface area contributed by atoms with Gasteiger partial charge in [-0.15, -0.1) is 0 Å². The van der Waals surface area contributed by atoms with Gasteiger partial charge in [0.05, 0.1) is 6.61 Å². The first-order chi connectivity index (χ1) is 5.85. The van der Waals surface area contributed by atoms with E-state index >= 15 is 0 Å². The van der Waals surface area contributed by atoms with Crippen LogP contribution in [0.25, 0.3) is 0 Å². The summed E-state index contributed by atoms with van der Waals surface area (Å²) in [5.74, 6) is 0. The van der Waals surface area contributed by atoms with Crippen LogP contribution >= 0.6 is 0 Å². The molecule has 0 unspecified atom stereocenters. The molecule has 0 atom stereocenters. The van der Waals surface area contributed by atoms with Crippen LogP contribution in [0.2, 0.25) is 0 Å². The van der Waals surface area contributed by atoms with Gasteiger partial charge in [0.1, 0.15) is 0 Å². The molecule has 2 rings (SSSR count). The average molecular weight is 166 g/mol. The molecule has 0 radical (unpaired) electrons. The minimum Gasteiger partial charge on any atom is -0.394 e. The predicted molar refractivity (Wildman–Crippen MR) is 46.7 cm³/mol. The molecule has 1 heterocycles. The third-order valence-corrected chi connectivity index (χ3v) is 2.47. The quantitative estimate of drug-likeness (QED) is 0.614. The molecular formula is C9H14N2O. The minimum atomic E-state index is 0.0467. The van der Waals surface area contributed by atoms with E-state index in [-0.39, 0.29) is 12.1 Å². The van der Waals surface area contributed by atoms with Crippen LogP contribution in [0.4, 0.5) is 0 Å². The number of aromatic amines is 1. The summed E-state index contributed by atoms with van der Waals surface area (Å²) in [6.07, 6.45) is 4.12. The molecule has 0 saturated heterocycles. The van der Waals surface area contributed by atoms with Crippen molar-refractivity contribution >= 4 is 0 Å². The normalized spacial score (nSPS) is 19.4. The van der Waals surface area contributed by atoms with Crippen molar-refractivity contribution < 1.29 is 5.11 Å². The molecule has 1 fully saturated rings. The number of aliphatic hydroxyl groups is 1. The summed E-state index contributed by atoms with van der Waals surface area (Å²) in [7, 11) is 0. The van der Waals surface area contributed by atoms with Gasteiger partial charge in [-0.05, 0) is 25.0 Å². The van der Waals surface area contributed by atoms with Crippen LogP contribution in [-0.4, -0.2) is 22.2 Å². The summed E-state index contributed by atoms with van der Waals surface area (Å²) >= 11 is 0. The zero-order valence-corrected chi connectivity index (χ0v) is 7.01. The van der Waals surface area contributed by atoms with Crippen molar-refractivity contribution in [3.63, 3.8) is 0 Å². The number of rotatable bonds is 4. The summed E-state index contributed by atoms with van der Waals surface area (Å²) in [5.41, 5.74) is 1.22. The van der Waals surface area contributed by atoms with Crippen LogP contribution in [0.3, 0.4) is 0 Å². The molecule has 12 heavy (non-hydrogen) atoms. The average Bonchev–Trinajstić information content (AvgIpc) is 2.70. The predicted octanol–water partition coefficient (Wildman–Crippen LogP) is 0.629. The highest BCUT2D eigenvalue weighted by Crippen LogP contribution is 2.34. The van der Waals surface area contributed by atoms with Crippen LogP contribution in [0.15, 0.2) is 18.3 Å². The van der Waals surface area contributed by atoms with Crippen molar-refractivity contribution in [2.45, 2.75) is 24.9 Å². The van der Waals surface area contributed by atoms with Crippen molar-refractivity contribution in [3.8, 4) is 0 Å². The van der Waals surface area contributed by atoms with Crippen LogP contribution < -0.4 is 5.32 Å². The Morgan fingerprint density at radius 3 is 2.92 bits per heavy atom. The zero-order valence-electron chi connectivity index (χ0n) is 7.01. The van der Waals surface area contributed by atoms with Crippen molar-refractivity contribution in [1.82, 2.24) is 10.3 Å². The molecule has 1 aliphatic carbocycles. The van der Waals surface area contributed by atoms with E-state index in [1.807, 2.05) is 18.3 Å². The van der Waals surface area contributed by atoms with Crippen molar-refractivity contribution in [2.24, 2.45) is 0 Å². The van der Waals surface area contributed by atoms with Gasteiger partial charge in [0.25, 0.3) is 0 Å². The summed E-state index contributed by atoms with van der Waals surface area (Å²) in [6, 6.07) is 4.02. The molecule has 1 saturated carbocycles. The SMILES string of the molecule is OCC1(NCc2ccc[nH]2)CC1. The highest BCUT2D eigenvalue weighted by molar-refractivity contribution is 5.07. The summed E-state index contributed by atoms with van der Waals surface area (Å²) in [4.78, 5) is 3.12. The second-order valence-corrected chi connectivity index (χ2v) is 3.49. The fraction of sp³-hybridized carbons (Fsp3) is 0.556. The van der Waals surface area contributed by atoms with Gasteiger partial charge < -0.3 is 15.4 Å². The first-order valence-corrected chi connectivity index (χ1v) is 4.33. The van der Waals surface area contributed by atoms with E-state index in [1.165, 1.54) is 5.69 Å². The van der Waals surface area contributed by atoms with Crippen LogP contribution in [0.1, 0.15) is 18.5 Å². The number of aromatic nitrogens is 1. The number of hydrogen-bond donors (Lipinski definition) is 3. The van der Waals surface area contributed by atoms with E-state index in [4.69, 9.17) is 5.11 Å². The molecular weight excluding hydrogens is 152 g/mol. The highest BCUT2D eigenvalue weighted by Gasteiger charge is 2.41. The van der Waals surface area contributed by atoms with Gasteiger partial charge in [-0.2, -0.15) is 0 Å². The highest BCUT2D eigenvalue weighted by atomic mass is 16.3. The van der Waals surface area contributed by atoms with Crippen LogP contribution in [0, 0.1) is 0 Å². The molecule has 1 aromatic rings. The molecule has 0 aliphatic heterocycles. The third kappa shape index (κ3) is 1.52. The molecule has 0 bridgehead atoms. The molecule has 1 aliphatic rings. The van der Waals surface area contributed by atoms with Crippen LogP contribution in [0.5, 0.6) is 0 Å². The second kappa shape index (κ2) is 2.92. The second-order valence-electron chi connectivity index (χ2n) is 3.49. The van der Waals surface area contributed by atoms with Gasteiger partial charge in [-0.1, -0.05) is 0 Å². The van der Waals surface area contributed by atoms with Crippen LogP contribution in [-0.2, 0) is 6.54 Å². The number of hydrogen-bond acceptors (Lipinski definition) is 2. The molecule has 3 N–H and O–H groups in total. The molecule has 0 amide bonds. The Bertz CT molecular complexity index is 239. The van der Waals surface area contributed by atoms with Gasteiger partial charge >= 0.3 is 0 Å². The van der Waals surface area contributed by atoms with E-state index < -0.39 is 0 Å². The first-order valence-electron chi connectivity index (χ1n) is 4.33. The summed E-state index contributed by atoms with van der Waals surface area (Å²) in [6.45, 7) is 1.08. The fourth-order valence-electron chi connectivity index (χ4n) is 1.30. The van der Waals surface area contributed by atoms with E-state index in [9.17, 15) is 0 Å². The monoisotopic (exact) mass is 166 g/mol. The van der Waals surface area contributed by atoms with Gasteiger partial charge in [0.15, 0.2) is 0 Å². The largest absolute Gasteiger partial charge is 0.394 e. The Morgan fingerprint density at radius 1 is 1.58 bits per heavy atom. The Morgan fingerprint density at radius 2 is 2.42 bits per heavy atom. The maximum atomic E-state index is 9.01. The number of H-pyrrole nitrogens is 1. The van der Waals surface area contributed by atoms with E-state index in [1.54, 1.807) is 0 Å². The number of nitrogens with one attached hydrogen (secondary N) is 2. The molecule has 3 nitrogen and oxygen atoms in total. The van der Waals surface area contributed by atoms with Gasteiger partial charge in [-0.25, -0.2) is 0 Å². The maximum absolute atomic E-state index is 9.01. The Labute approximate surface area is 71.8 Å². The molecule has 0 spiro atoms. The molecule has 0 aromatic carbocycles. The first kappa shape index (κ1) is 7.83. The van der Waals surface area contributed by atoms with Crippen molar-refractivity contribution in [1.29, 1.82) is 0 Å². The van der Waals surface area contributed by atoms with E-state index in [2.05, 4.69) is 10.3 Å². The molecule has 1 aromatic heterocycles. The van der Waals surface area contributed by atoms with Gasteiger partial charge in [0.2, 0.25) is 0 Å². The molecule has 3 heteroatoms.